The lowest BCUT2D eigenvalue weighted by molar-refractivity contribution is -0.00383. The van der Waals surface area contributed by atoms with E-state index >= 15 is 0 Å². The molecule has 0 amide bonds. The number of benzene rings is 2. The molecular formula is C17H17BrF2. The van der Waals surface area contributed by atoms with Crippen molar-refractivity contribution in [1.82, 2.24) is 0 Å². The highest BCUT2D eigenvalue weighted by molar-refractivity contribution is 9.10. The van der Waals surface area contributed by atoms with Gasteiger partial charge in [-0.2, -0.15) is 0 Å². The van der Waals surface area contributed by atoms with Crippen molar-refractivity contribution in [3.05, 3.63) is 69.7 Å². The number of halogens is 3. The number of alkyl halides is 2. The zero-order valence-corrected chi connectivity index (χ0v) is 13.0. The molecule has 0 heterocycles. The molecule has 2 rings (SSSR count). The van der Waals surface area contributed by atoms with E-state index < -0.39 is 5.92 Å². The molecule has 0 nitrogen and oxygen atoms in total. The van der Waals surface area contributed by atoms with E-state index in [9.17, 15) is 8.78 Å². The van der Waals surface area contributed by atoms with Crippen molar-refractivity contribution in [2.24, 2.45) is 0 Å². The van der Waals surface area contributed by atoms with Crippen LogP contribution in [0.25, 0.3) is 0 Å². The molecule has 2 aromatic carbocycles. The summed E-state index contributed by atoms with van der Waals surface area (Å²) in [5.41, 5.74) is 1.92. The van der Waals surface area contributed by atoms with E-state index in [4.69, 9.17) is 0 Å². The van der Waals surface area contributed by atoms with Crippen LogP contribution in [-0.2, 0) is 18.8 Å². The monoisotopic (exact) mass is 338 g/mol. The Labute approximate surface area is 127 Å². The van der Waals surface area contributed by atoms with Gasteiger partial charge in [-0.05, 0) is 29.7 Å². The Bertz CT molecular complexity index is 544. The molecule has 0 bridgehead atoms. The molecule has 0 aliphatic rings. The Morgan fingerprint density at radius 1 is 0.900 bits per heavy atom. The van der Waals surface area contributed by atoms with Gasteiger partial charge in [0.1, 0.15) is 0 Å². The quantitative estimate of drug-likeness (QED) is 0.652. The lowest BCUT2D eigenvalue weighted by atomic mass is 9.99. The highest BCUT2D eigenvalue weighted by atomic mass is 79.9. The lowest BCUT2D eigenvalue weighted by Gasteiger charge is -2.17. The lowest BCUT2D eigenvalue weighted by Crippen LogP contribution is -2.16. The van der Waals surface area contributed by atoms with E-state index in [0.717, 1.165) is 17.3 Å². The molecule has 20 heavy (non-hydrogen) atoms. The van der Waals surface area contributed by atoms with Crippen LogP contribution in [0.2, 0.25) is 0 Å². The number of aryl methyl sites for hydroxylation is 1. The summed E-state index contributed by atoms with van der Waals surface area (Å²) in [6, 6.07) is 13.7. The standard InChI is InChI=1S/C17H17BrF2/c1-2-3-13-4-6-14(7-5-13)12-17(19,20)15-8-10-16(18)11-9-15/h4-11H,2-3,12H2,1H3. The van der Waals surface area contributed by atoms with Crippen LogP contribution < -0.4 is 0 Å². The molecule has 0 atom stereocenters. The summed E-state index contributed by atoms with van der Waals surface area (Å²) in [6.07, 6.45) is 1.79. The average Bonchev–Trinajstić information content (AvgIpc) is 2.41. The van der Waals surface area contributed by atoms with Gasteiger partial charge in [-0.1, -0.05) is 65.7 Å². The Morgan fingerprint density at radius 2 is 1.45 bits per heavy atom. The van der Waals surface area contributed by atoms with Crippen molar-refractivity contribution in [3.63, 3.8) is 0 Å². The zero-order chi connectivity index (χ0) is 14.6. The number of rotatable bonds is 5. The van der Waals surface area contributed by atoms with Crippen LogP contribution in [0.1, 0.15) is 30.0 Å². The first-order valence-corrected chi connectivity index (χ1v) is 7.52. The molecule has 0 fully saturated rings. The summed E-state index contributed by atoms with van der Waals surface area (Å²) >= 11 is 3.26. The van der Waals surface area contributed by atoms with Crippen molar-refractivity contribution >= 4 is 15.9 Å². The molecule has 106 valence electrons. The largest absolute Gasteiger partial charge is 0.277 e. The topological polar surface area (TPSA) is 0 Å². The minimum absolute atomic E-state index is 0.0540. The van der Waals surface area contributed by atoms with Crippen LogP contribution >= 0.6 is 15.9 Å². The molecule has 0 aliphatic heterocycles. The third-order valence-corrected chi connectivity index (χ3v) is 3.78. The van der Waals surface area contributed by atoms with Crippen LogP contribution in [0.4, 0.5) is 8.78 Å². The first kappa shape index (κ1) is 15.2. The van der Waals surface area contributed by atoms with Crippen LogP contribution in [0.15, 0.2) is 53.0 Å². The van der Waals surface area contributed by atoms with Gasteiger partial charge >= 0.3 is 0 Å². The van der Waals surface area contributed by atoms with Crippen molar-refractivity contribution in [2.45, 2.75) is 32.1 Å². The predicted molar refractivity (Wildman–Crippen MR) is 82.2 cm³/mol. The Kier molecular flexibility index (Phi) is 4.92. The number of hydrogen-bond donors (Lipinski definition) is 0. The second kappa shape index (κ2) is 6.49. The summed E-state index contributed by atoms with van der Waals surface area (Å²) in [5, 5.41) is 0. The van der Waals surface area contributed by atoms with Crippen LogP contribution in [0, 0.1) is 0 Å². The van der Waals surface area contributed by atoms with Crippen LogP contribution in [0.5, 0.6) is 0 Å². The third-order valence-electron chi connectivity index (χ3n) is 3.25. The van der Waals surface area contributed by atoms with Gasteiger partial charge < -0.3 is 0 Å². The smallest absolute Gasteiger partial charge is 0.201 e. The molecule has 0 saturated carbocycles. The van der Waals surface area contributed by atoms with Gasteiger partial charge in [0, 0.05) is 16.5 Å². The molecule has 0 unspecified atom stereocenters. The molecular weight excluding hydrogens is 322 g/mol. The van der Waals surface area contributed by atoms with E-state index in [1.165, 1.54) is 17.7 Å². The Balaban J connectivity index is 2.12. The minimum Gasteiger partial charge on any atom is -0.201 e. The van der Waals surface area contributed by atoms with Crippen LogP contribution in [-0.4, -0.2) is 0 Å². The summed E-state index contributed by atoms with van der Waals surface area (Å²) in [7, 11) is 0. The van der Waals surface area contributed by atoms with Gasteiger partial charge in [0.25, 0.3) is 5.92 Å². The molecule has 0 spiro atoms. The summed E-state index contributed by atoms with van der Waals surface area (Å²) in [5.74, 6) is -2.84. The highest BCUT2D eigenvalue weighted by Gasteiger charge is 2.31. The number of hydrogen-bond acceptors (Lipinski definition) is 0. The third kappa shape index (κ3) is 3.89. The summed E-state index contributed by atoms with van der Waals surface area (Å²) < 4.78 is 29.2. The van der Waals surface area contributed by atoms with Gasteiger partial charge in [0.2, 0.25) is 0 Å². The van der Waals surface area contributed by atoms with Crippen molar-refractivity contribution < 1.29 is 8.78 Å². The molecule has 0 aliphatic carbocycles. The Morgan fingerprint density at radius 3 is 2.00 bits per heavy atom. The molecule has 0 aromatic heterocycles. The highest BCUT2D eigenvalue weighted by Crippen LogP contribution is 2.32. The van der Waals surface area contributed by atoms with E-state index in [0.29, 0.717) is 5.56 Å². The maximum absolute atomic E-state index is 14.2. The van der Waals surface area contributed by atoms with Crippen molar-refractivity contribution in [3.8, 4) is 0 Å². The second-order valence-electron chi connectivity index (χ2n) is 4.95. The second-order valence-corrected chi connectivity index (χ2v) is 5.87. The first-order valence-electron chi connectivity index (χ1n) is 6.73. The minimum atomic E-state index is -2.84. The van der Waals surface area contributed by atoms with E-state index in [-0.39, 0.29) is 12.0 Å². The predicted octanol–water partition coefficient (Wildman–Crippen LogP) is 5.74. The molecule has 0 saturated heterocycles. The van der Waals surface area contributed by atoms with Gasteiger partial charge in [0.15, 0.2) is 0 Å². The van der Waals surface area contributed by atoms with E-state index in [1.54, 1.807) is 24.3 Å². The molecule has 3 heteroatoms. The summed E-state index contributed by atoms with van der Waals surface area (Å²) in [4.78, 5) is 0. The Hall–Kier alpha value is -1.22. The molecule has 0 radical (unpaired) electrons. The van der Waals surface area contributed by atoms with Gasteiger partial charge in [-0.3, -0.25) is 0 Å². The van der Waals surface area contributed by atoms with Gasteiger partial charge in [-0.25, -0.2) is 8.78 Å². The fourth-order valence-electron chi connectivity index (χ4n) is 2.16. The zero-order valence-electron chi connectivity index (χ0n) is 11.4. The van der Waals surface area contributed by atoms with Crippen molar-refractivity contribution in [2.75, 3.05) is 0 Å². The average molecular weight is 339 g/mol. The maximum Gasteiger partial charge on any atom is 0.277 e. The van der Waals surface area contributed by atoms with Gasteiger partial charge in [0.05, 0.1) is 0 Å². The van der Waals surface area contributed by atoms with Crippen LogP contribution in [0.3, 0.4) is 0 Å². The molecule has 2 aromatic rings. The summed E-state index contributed by atoms with van der Waals surface area (Å²) in [6.45, 7) is 2.11. The first-order chi connectivity index (χ1) is 9.51. The van der Waals surface area contributed by atoms with Crippen molar-refractivity contribution in [1.29, 1.82) is 0 Å². The molecule has 0 N–H and O–H groups in total. The maximum atomic E-state index is 14.2. The SMILES string of the molecule is CCCc1ccc(CC(F)(F)c2ccc(Br)cc2)cc1. The van der Waals surface area contributed by atoms with E-state index in [1.807, 2.05) is 12.1 Å². The van der Waals surface area contributed by atoms with Gasteiger partial charge in [-0.15, -0.1) is 0 Å². The van der Waals surface area contributed by atoms with E-state index in [2.05, 4.69) is 22.9 Å². The fraction of sp³-hybridized carbons (Fsp3) is 0.294. The normalized spacial score (nSPS) is 11.6. The fourth-order valence-corrected chi connectivity index (χ4v) is 2.43.